The lowest BCUT2D eigenvalue weighted by molar-refractivity contribution is 0.465. The van der Waals surface area contributed by atoms with Gasteiger partial charge in [0.1, 0.15) is 11.6 Å². The zero-order chi connectivity index (χ0) is 13.8. The molecular formula is C14H16BrN3O. The van der Waals surface area contributed by atoms with Crippen molar-refractivity contribution < 1.29 is 5.11 Å². The fourth-order valence-corrected chi connectivity index (χ4v) is 2.06. The summed E-state index contributed by atoms with van der Waals surface area (Å²) in [6.07, 6.45) is 1.78. The number of nitrogens with zero attached hydrogens (tertiary/aromatic N) is 2. The first-order valence-electron chi connectivity index (χ1n) is 5.91. The topological polar surface area (TPSA) is 48.4 Å². The number of nitrogens with one attached hydrogen (secondary N) is 1. The van der Waals surface area contributed by atoms with Crippen LogP contribution in [0.1, 0.15) is 5.56 Å². The Hall–Kier alpha value is -1.75. The Morgan fingerprint density at radius 2 is 2.05 bits per heavy atom. The van der Waals surface area contributed by atoms with Crippen molar-refractivity contribution in [3.63, 3.8) is 0 Å². The minimum Gasteiger partial charge on any atom is -0.506 e. The number of para-hydroxylation sites is 1. The highest BCUT2D eigenvalue weighted by Crippen LogP contribution is 2.27. The van der Waals surface area contributed by atoms with Crippen LogP contribution in [0.4, 0.5) is 11.5 Å². The molecule has 1 heterocycles. The highest BCUT2D eigenvalue weighted by Gasteiger charge is 2.04. The molecule has 0 saturated carbocycles. The number of anilines is 2. The first-order chi connectivity index (χ1) is 9.08. The number of halogens is 1. The van der Waals surface area contributed by atoms with Crippen LogP contribution in [0.5, 0.6) is 5.75 Å². The Balaban J connectivity index is 2.04. The molecule has 0 atom stereocenters. The van der Waals surface area contributed by atoms with Crippen LogP contribution in [-0.4, -0.2) is 24.2 Å². The maximum absolute atomic E-state index is 9.88. The van der Waals surface area contributed by atoms with E-state index >= 15 is 0 Å². The lowest BCUT2D eigenvalue weighted by Gasteiger charge is -2.12. The molecule has 1 aromatic carbocycles. The third-order valence-electron chi connectivity index (χ3n) is 2.76. The second-order valence-corrected chi connectivity index (χ2v) is 5.25. The second-order valence-electron chi connectivity index (χ2n) is 4.40. The normalized spacial score (nSPS) is 10.3. The van der Waals surface area contributed by atoms with E-state index in [1.165, 1.54) is 0 Å². The zero-order valence-corrected chi connectivity index (χ0v) is 12.5. The predicted octanol–water partition coefficient (Wildman–Crippen LogP) is 3.23. The Kier molecular flexibility index (Phi) is 4.27. The molecule has 2 aromatic rings. The first-order valence-corrected chi connectivity index (χ1v) is 6.71. The highest BCUT2D eigenvalue weighted by molar-refractivity contribution is 9.10. The Labute approximate surface area is 121 Å². The molecule has 0 saturated heterocycles. The molecule has 0 aliphatic heterocycles. The van der Waals surface area contributed by atoms with Crippen molar-refractivity contribution in [1.29, 1.82) is 0 Å². The number of rotatable bonds is 4. The summed E-state index contributed by atoms with van der Waals surface area (Å²) in [5.74, 6) is 1.18. The number of pyridine rings is 1. The van der Waals surface area contributed by atoms with Gasteiger partial charge < -0.3 is 15.3 Å². The molecule has 0 bridgehead atoms. The Bertz CT molecular complexity index is 555. The zero-order valence-electron chi connectivity index (χ0n) is 10.9. The number of hydrogen-bond donors (Lipinski definition) is 2. The van der Waals surface area contributed by atoms with Gasteiger partial charge in [-0.1, -0.05) is 12.1 Å². The molecule has 0 aliphatic rings. The van der Waals surface area contributed by atoms with Crippen LogP contribution in [0.25, 0.3) is 0 Å². The van der Waals surface area contributed by atoms with Gasteiger partial charge in [0.25, 0.3) is 0 Å². The van der Waals surface area contributed by atoms with E-state index in [0.717, 1.165) is 17.1 Å². The van der Waals surface area contributed by atoms with Crippen molar-refractivity contribution >= 4 is 27.4 Å². The molecule has 0 aliphatic carbocycles. The van der Waals surface area contributed by atoms with E-state index in [9.17, 15) is 5.11 Å². The lowest BCUT2D eigenvalue weighted by Crippen LogP contribution is -2.10. The summed E-state index contributed by atoms with van der Waals surface area (Å²) in [6, 6.07) is 9.51. The maximum atomic E-state index is 9.88. The molecule has 5 heteroatoms. The quantitative estimate of drug-likeness (QED) is 0.907. The molecule has 2 rings (SSSR count). The summed E-state index contributed by atoms with van der Waals surface area (Å²) in [5, 5.41) is 13.1. The van der Waals surface area contributed by atoms with E-state index in [1.54, 1.807) is 6.20 Å². The summed E-state index contributed by atoms with van der Waals surface area (Å²) in [6.45, 7) is 0.550. The van der Waals surface area contributed by atoms with Gasteiger partial charge in [-0.2, -0.15) is 0 Å². The molecule has 0 unspecified atom stereocenters. The van der Waals surface area contributed by atoms with Crippen molar-refractivity contribution in [1.82, 2.24) is 4.98 Å². The molecule has 0 fully saturated rings. The average Bonchev–Trinajstić information content (AvgIpc) is 2.41. The second kappa shape index (κ2) is 5.93. The molecule has 2 N–H and O–H groups in total. The van der Waals surface area contributed by atoms with Gasteiger partial charge in [-0.05, 0) is 34.1 Å². The van der Waals surface area contributed by atoms with Gasteiger partial charge in [0.2, 0.25) is 0 Å². The summed E-state index contributed by atoms with van der Waals surface area (Å²) < 4.78 is 0.702. The molecule has 0 spiro atoms. The standard InChI is InChI=1S/C14H16BrN3O/c1-18(2)13-7-6-11(9-17-13)16-8-10-4-3-5-12(15)14(10)19/h3-7,9,16,19H,8H2,1-2H3. The van der Waals surface area contributed by atoms with E-state index in [-0.39, 0.29) is 5.75 Å². The maximum Gasteiger partial charge on any atom is 0.134 e. The number of hydrogen-bond acceptors (Lipinski definition) is 4. The van der Waals surface area contributed by atoms with E-state index < -0.39 is 0 Å². The van der Waals surface area contributed by atoms with Gasteiger partial charge >= 0.3 is 0 Å². The fourth-order valence-electron chi connectivity index (χ4n) is 1.66. The fraction of sp³-hybridized carbons (Fsp3) is 0.214. The number of aromatic hydroxyl groups is 1. The number of phenols is 1. The molecule has 0 amide bonds. The molecule has 100 valence electrons. The van der Waals surface area contributed by atoms with Crippen molar-refractivity contribution in [3.8, 4) is 5.75 Å². The molecule has 0 radical (unpaired) electrons. The molecule has 1 aromatic heterocycles. The lowest BCUT2D eigenvalue weighted by atomic mass is 10.2. The van der Waals surface area contributed by atoms with Crippen molar-refractivity contribution in [2.75, 3.05) is 24.3 Å². The predicted molar refractivity (Wildman–Crippen MR) is 81.7 cm³/mol. The molecule has 4 nitrogen and oxygen atoms in total. The monoisotopic (exact) mass is 321 g/mol. The van der Waals surface area contributed by atoms with Crippen molar-refractivity contribution in [2.24, 2.45) is 0 Å². The van der Waals surface area contributed by atoms with Crippen LogP contribution >= 0.6 is 15.9 Å². The van der Waals surface area contributed by atoms with Gasteiger partial charge in [0, 0.05) is 26.2 Å². The summed E-state index contributed by atoms with van der Waals surface area (Å²) in [5.41, 5.74) is 1.76. The number of benzene rings is 1. The van der Waals surface area contributed by atoms with E-state index in [4.69, 9.17) is 0 Å². The molecule has 19 heavy (non-hydrogen) atoms. The van der Waals surface area contributed by atoms with Crippen LogP contribution in [0.2, 0.25) is 0 Å². The van der Waals surface area contributed by atoms with Crippen molar-refractivity contribution in [2.45, 2.75) is 6.54 Å². The average molecular weight is 322 g/mol. The minimum atomic E-state index is 0.271. The van der Waals surface area contributed by atoms with Gasteiger partial charge in [-0.25, -0.2) is 4.98 Å². The van der Waals surface area contributed by atoms with Gasteiger partial charge in [-0.15, -0.1) is 0 Å². The highest BCUT2D eigenvalue weighted by atomic mass is 79.9. The van der Waals surface area contributed by atoms with Crippen LogP contribution in [0.3, 0.4) is 0 Å². The molecular weight excluding hydrogens is 306 g/mol. The third kappa shape index (κ3) is 3.38. The SMILES string of the molecule is CN(C)c1ccc(NCc2cccc(Br)c2O)cn1. The summed E-state index contributed by atoms with van der Waals surface area (Å²) >= 11 is 3.30. The van der Waals surface area contributed by atoms with E-state index in [1.807, 2.05) is 49.3 Å². The number of aromatic nitrogens is 1. The van der Waals surface area contributed by atoms with Crippen LogP contribution in [-0.2, 0) is 6.54 Å². The van der Waals surface area contributed by atoms with Crippen LogP contribution < -0.4 is 10.2 Å². The largest absolute Gasteiger partial charge is 0.506 e. The van der Waals surface area contributed by atoms with Crippen molar-refractivity contribution in [3.05, 3.63) is 46.6 Å². The summed E-state index contributed by atoms with van der Waals surface area (Å²) in [4.78, 5) is 6.27. The third-order valence-corrected chi connectivity index (χ3v) is 3.40. The van der Waals surface area contributed by atoms with E-state index in [2.05, 4.69) is 26.2 Å². The first kappa shape index (κ1) is 13.7. The van der Waals surface area contributed by atoms with Crippen LogP contribution in [0, 0.1) is 0 Å². The smallest absolute Gasteiger partial charge is 0.134 e. The van der Waals surface area contributed by atoms with Gasteiger partial charge in [-0.3, -0.25) is 0 Å². The van der Waals surface area contributed by atoms with Gasteiger partial charge in [0.05, 0.1) is 16.4 Å². The number of phenolic OH excluding ortho intramolecular Hbond substituents is 1. The van der Waals surface area contributed by atoms with Crippen LogP contribution in [0.15, 0.2) is 41.0 Å². The summed E-state index contributed by atoms with van der Waals surface area (Å²) in [7, 11) is 3.91. The Morgan fingerprint density at radius 1 is 1.26 bits per heavy atom. The Morgan fingerprint density at radius 3 is 2.68 bits per heavy atom. The van der Waals surface area contributed by atoms with E-state index in [0.29, 0.717) is 11.0 Å². The van der Waals surface area contributed by atoms with Gasteiger partial charge in [0.15, 0.2) is 0 Å². The minimum absolute atomic E-state index is 0.271.